The first-order chi connectivity index (χ1) is 28.0. The largest absolute Gasteiger partial charge is 0.309 e. The van der Waals surface area contributed by atoms with E-state index in [1.54, 1.807) is 0 Å². The highest BCUT2D eigenvalue weighted by Crippen LogP contribution is 2.57. The smallest absolute Gasteiger partial charge is 0.0714 e. The third-order valence-corrected chi connectivity index (χ3v) is 13.3. The van der Waals surface area contributed by atoms with Crippen LogP contribution in [0, 0.1) is 0 Å². The Kier molecular flexibility index (Phi) is 6.67. The third kappa shape index (κ3) is 4.34. The Labute approximate surface area is 333 Å². The molecule has 1 heteroatoms. The fourth-order valence-electron chi connectivity index (χ4n) is 10.7. The summed E-state index contributed by atoms with van der Waals surface area (Å²) in [5.41, 5.74) is 18.8. The predicted molar refractivity (Wildman–Crippen MR) is 239 cm³/mol. The SMILES string of the molecule is CC1(C)c2cc(-c3cccc4ccccc34)ccc2-c2cc3c(cc21)c1ccccc1n3-c1ccc2c(c1)C(c1ccccc1)(c1ccccc1)c1ccccc1-2. The number of fused-ring (bicyclic) bond motifs is 10. The molecule has 0 bridgehead atoms. The van der Waals surface area contributed by atoms with Crippen molar-refractivity contribution in [2.75, 3.05) is 0 Å². The maximum absolute atomic E-state index is 2.52. The van der Waals surface area contributed by atoms with Crippen LogP contribution in [0.1, 0.15) is 47.2 Å². The molecule has 0 radical (unpaired) electrons. The third-order valence-electron chi connectivity index (χ3n) is 13.3. The second-order valence-electron chi connectivity index (χ2n) is 16.4. The van der Waals surface area contributed by atoms with Crippen molar-refractivity contribution in [3.63, 3.8) is 0 Å². The summed E-state index contributed by atoms with van der Waals surface area (Å²) in [5.74, 6) is 0. The second-order valence-corrected chi connectivity index (χ2v) is 16.4. The standard InChI is InChI=1S/C56H39N/c1-55(2)50-32-37(42-25-15-17-36-16-9-10-22-41(36)42)28-30-45(50)47-35-54-48(34-51(47)55)46-24-12-14-27-53(46)57(54)40-29-31-44-43-23-11-13-26-49(43)56(52(44)33-40,38-18-5-3-6-19-38)39-20-7-4-8-21-39/h3-35H,1-2H3. The molecule has 1 heterocycles. The van der Waals surface area contributed by atoms with Gasteiger partial charge in [0.25, 0.3) is 0 Å². The number of rotatable bonds is 4. The predicted octanol–water partition coefficient (Wildman–Crippen LogP) is 14.3. The van der Waals surface area contributed by atoms with Crippen LogP contribution in [0.25, 0.3) is 71.6 Å². The average Bonchev–Trinajstić information content (AvgIpc) is 3.83. The summed E-state index contributed by atoms with van der Waals surface area (Å²) in [4.78, 5) is 0. The monoisotopic (exact) mass is 725 g/mol. The summed E-state index contributed by atoms with van der Waals surface area (Å²) in [6, 6.07) is 74.9. The highest BCUT2D eigenvalue weighted by atomic mass is 15.0. The molecule has 9 aromatic carbocycles. The highest BCUT2D eigenvalue weighted by Gasteiger charge is 2.46. The molecule has 0 fully saturated rings. The minimum atomic E-state index is -0.463. The Morgan fingerprint density at radius 1 is 0.351 bits per heavy atom. The van der Waals surface area contributed by atoms with E-state index in [0.29, 0.717) is 0 Å². The van der Waals surface area contributed by atoms with Gasteiger partial charge in [0, 0.05) is 21.9 Å². The van der Waals surface area contributed by atoms with Crippen molar-refractivity contribution in [2.24, 2.45) is 0 Å². The molecule has 2 aliphatic carbocycles. The molecule has 1 nitrogen and oxygen atoms in total. The number of hydrogen-bond acceptors (Lipinski definition) is 0. The van der Waals surface area contributed by atoms with Gasteiger partial charge in [-0.05, 0) is 114 Å². The van der Waals surface area contributed by atoms with Crippen molar-refractivity contribution < 1.29 is 0 Å². The van der Waals surface area contributed by atoms with Crippen LogP contribution in [-0.4, -0.2) is 4.57 Å². The zero-order chi connectivity index (χ0) is 37.9. The molecule has 0 aliphatic heterocycles. The van der Waals surface area contributed by atoms with Gasteiger partial charge in [0.05, 0.1) is 16.4 Å². The second kappa shape index (κ2) is 11.8. The minimum Gasteiger partial charge on any atom is -0.309 e. The first-order valence-corrected chi connectivity index (χ1v) is 20.1. The summed E-state index contributed by atoms with van der Waals surface area (Å²) in [6.45, 7) is 4.81. The van der Waals surface area contributed by atoms with E-state index in [4.69, 9.17) is 0 Å². The average molecular weight is 726 g/mol. The molecule has 2 aliphatic rings. The van der Waals surface area contributed by atoms with Gasteiger partial charge >= 0.3 is 0 Å². The van der Waals surface area contributed by atoms with Crippen LogP contribution in [-0.2, 0) is 10.8 Å². The molecular formula is C56H39N. The Bertz CT molecular complexity index is 3210. The van der Waals surface area contributed by atoms with Crippen molar-refractivity contribution in [2.45, 2.75) is 24.7 Å². The molecule has 57 heavy (non-hydrogen) atoms. The van der Waals surface area contributed by atoms with Crippen LogP contribution in [0.15, 0.2) is 200 Å². The van der Waals surface area contributed by atoms with Crippen molar-refractivity contribution in [3.8, 4) is 39.1 Å². The minimum absolute atomic E-state index is 0.160. The zero-order valence-electron chi connectivity index (χ0n) is 32.0. The van der Waals surface area contributed by atoms with Gasteiger partial charge in [-0.1, -0.05) is 178 Å². The summed E-state index contributed by atoms with van der Waals surface area (Å²) in [5, 5.41) is 5.13. The van der Waals surface area contributed by atoms with Gasteiger partial charge in [-0.15, -0.1) is 0 Å². The van der Waals surface area contributed by atoms with Gasteiger partial charge in [-0.3, -0.25) is 0 Å². The molecule has 268 valence electrons. The molecule has 0 amide bonds. The van der Waals surface area contributed by atoms with E-state index in [0.717, 1.165) is 0 Å². The molecule has 0 saturated heterocycles. The fourth-order valence-corrected chi connectivity index (χ4v) is 10.7. The van der Waals surface area contributed by atoms with Crippen LogP contribution >= 0.6 is 0 Å². The molecule has 0 saturated carbocycles. The van der Waals surface area contributed by atoms with E-state index < -0.39 is 5.41 Å². The van der Waals surface area contributed by atoms with E-state index in [1.165, 1.54) is 105 Å². The lowest BCUT2D eigenvalue weighted by molar-refractivity contribution is 0.661. The normalized spacial score (nSPS) is 14.4. The number of hydrogen-bond donors (Lipinski definition) is 0. The molecule has 0 spiro atoms. The first kappa shape index (κ1) is 32.3. The lowest BCUT2D eigenvalue weighted by atomic mass is 9.67. The van der Waals surface area contributed by atoms with E-state index in [-0.39, 0.29) is 5.41 Å². The van der Waals surface area contributed by atoms with Gasteiger partial charge in [0.15, 0.2) is 0 Å². The molecule has 0 atom stereocenters. The summed E-state index contributed by atoms with van der Waals surface area (Å²) in [6.07, 6.45) is 0. The topological polar surface area (TPSA) is 4.93 Å². The van der Waals surface area contributed by atoms with Gasteiger partial charge in [0.1, 0.15) is 0 Å². The fraction of sp³-hybridized carbons (Fsp3) is 0.0714. The van der Waals surface area contributed by atoms with Crippen LogP contribution in [0.2, 0.25) is 0 Å². The van der Waals surface area contributed by atoms with Crippen LogP contribution < -0.4 is 0 Å². The Morgan fingerprint density at radius 2 is 0.947 bits per heavy atom. The summed E-state index contributed by atoms with van der Waals surface area (Å²) < 4.78 is 2.52. The van der Waals surface area contributed by atoms with Crippen LogP contribution in [0.5, 0.6) is 0 Å². The Hall–Kier alpha value is -6.96. The molecule has 10 aromatic rings. The number of nitrogens with zero attached hydrogens (tertiary/aromatic N) is 1. The van der Waals surface area contributed by atoms with Gasteiger partial charge in [0.2, 0.25) is 0 Å². The zero-order valence-corrected chi connectivity index (χ0v) is 32.0. The molecule has 0 N–H and O–H groups in total. The van der Waals surface area contributed by atoms with E-state index >= 15 is 0 Å². The summed E-state index contributed by atoms with van der Waals surface area (Å²) >= 11 is 0. The van der Waals surface area contributed by atoms with E-state index in [9.17, 15) is 0 Å². The van der Waals surface area contributed by atoms with Crippen molar-refractivity contribution in [1.29, 1.82) is 0 Å². The molecular weight excluding hydrogens is 687 g/mol. The van der Waals surface area contributed by atoms with Crippen LogP contribution in [0.4, 0.5) is 0 Å². The van der Waals surface area contributed by atoms with Gasteiger partial charge < -0.3 is 4.57 Å². The molecule has 0 unspecified atom stereocenters. The van der Waals surface area contributed by atoms with Crippen LogP contribution in [0.3, 0.4) is 0 Å². The van der Waals surface area contributed by atoms with E-state index in [1.807, 2.05) is 0 Å². The number of para-hydroxylation sites is 1. The lowest BCUT2D eigenvalue weighted by Crippen LogP contribution is -2.28. The quantitative estimate of drug-likeness (QED) is 0.170. The van der Waals surface area contributed by atoms with Crippen molar-refractivity contribution in [1.82, 2.24) is 4.57 Å². The Morgan fingerprint density at radius 3 is 1.75 bits per heavy atom. The molecule has 12 rings (SSSR count). The first-order valence-electron chi connectivity index (χ1n) is 20.1. The van der Waals surface area contributed by atoms with Gasteiger partial charge in [-0.25, -0.2) is 0 Å². The maximum atomic E-state index is 2.52. The van der Waals surface area contributed by atoms with Crippen molar-refractivity contribution in [3.05, 3.63) is 234 Å². The maximum Gasteiger partial charge on any atom is 0.0714 e. The lowest BCUT2D eigenvalue weighted by Gasteiger charge is -2.34. The van der Waals surface area contributed by atoms with Gasteiger partial charge in [-0.2, -0.15) is 0 Å². The van der Waals surface area contributed by atoms with Crippen molar-refractivity contribution >= 4 is 32.6 Å². The number of benzene rings is 9. The number of aromatic nitrogens is 1. The highest BCUT2D eigenvalue weighted by molar-refractivity contribution is 6.12. The molecule has 1 aromatic heterocycles. The Balaban J connectivity index is 1.10. The summed E-state index contributed by atoms with van der Waals surface area (Å²) in [7, 11) is 0. The van der Waals surface area contributed by atoms with E-state index in [2.05, 4.69) is 219 Å².